The normalized spacial score (nSPS) is 15.9. The maximum absolute atomic E-state index is 12.9. The van der Waals surface area contributed by atoms with Gasteiger partial charge in [-0.3, -0.25) is 14.5 Å². The van der Waals surface area contributed by atoms with Crippen molar-refractivity contribution in [1.82, 2.24) is 24.7 Å². The standard InChI is InChI=1S/C22H25F3N8O/c1-12(2)18-20(34)30-17-13(3)29-21(31-19(17)32(18)4)27-7-15-8-28-33(11-15)10-14-5-16(9-26-6-14)22(23,24)25/h5-6,8-9,11-12,18H,7,10H2,1-4H3,(H,30,34)(H,27,29,31). The van der Waals surface area contributed by atoms with Crippen LogP contribution in [0.15, 0.2) is 30.9 Å². The number of carbonyl (C=O) groups is 1. The second-order valence-electron chi connectivity index (χ2n) is 8.60. The van der Waals surface area contributed by atoms with E-state index in [9.17, 15) is 18.0 Å². The summed E-state index contributed by atoms with van der Waals surface area (Å²) in [6.45, 7) is 6.28. The van der Waals surface area contributed by atoms with Gasteiger partial charge in [-0.25, -0.2) is 4.98 Å². The maximum atomic E-state index is 12.9. The summed E-state index contributed by atoms with van der Waals surface area (Å²) in [7, 11) is 1.84. The van der Waals surface area contributed by atoms with E-state index in [2.05, 4.69) is 30.7 Å². The number of carbonyl (C=O) groups excluding carboxylic acids is 1. The highest BCUT2D eigenvalue weighted by atomic mass is 19.4. The fourth-order valence-electron chi connectivity index (χ4n) is 3.97. The number of nitrogens with one attached hydrogen (secondary N) is 2. The summed E-state index contributed by atoms with van der Waals surface area (Å²) in [4.78, 5) is 27.0. The molecule has 1 aliphatic rings. The van der Waals surface area contributed by atoms with Gasteiger partial charge in [0.05, 0.1) is 24.0 Å². The molecule has 0 aromatic carbocycles. The molecule has 4 heterocycles. The summed E-state index contributed by atoms with van der Waals surface area (Å²) in [5.74, 6) is 1.06. The lowest BCUT2D eigenvalue weighted by Gasteiger charge is -2.36. The number of likely N-dealkylation sites (N-methyl/N-ethyl adjacent to an activating group) is 1. The van der Waals surface area contributed by atoms with Crippen LogP contribution in [-0.2, 0) is 24.1 Å². The minimum atomic E-state index is -4.44. The predicted molar refractivity (Wildman–Crippen MR) is 120 cm³/mol. The first kappa shape index (κ1) is 23.5. The van der Waals surface area contributed by atoms with Gasteiger partial charge in [-0.2, -0.15) is 23.3 Å². The van der Waals surface area contributed by atoms with Crippen molar-refractivity contribution in [2.24, 2.45) is 5.92 Å². The molecule has 0 saturated carbocycles. The van der Waals surface area contributed by atoms with Gasteiger partial charge in [0.1, 0.15) is 11.7 Å². The average molecular weight is 474 g/mol. The van der Waals surface area contributed by atoms with Crippen molar-refractivity contribution in [3.63, 3.8) is 0 Å². The number of hydrogen-bond acceptors (Lipinski definition) is 7. The molecule has 0 spiro atoms. The van der Waals surface area contributed by atoms with E-state index in [1.54, 1.807) is 24.0 Å². The van der Waals surface area contributed by atoms with Crippen LogP contribution in [0.3, 0.4) is 0 Å². The molecule has 3 aromatic rings. The van der Waals surface area contributed by atoms with Crippen molar-refractivity contribution in [3.8, 4) is 0 Å². The van der Waals surface area contributed by atoms with Gasteiger partial charge >= 0.3 is 6.18 Å². The minimum Gasteiger partial charge on any atom is -0.350 e. The second-order valence-corrected chi connectivity index (χ2v) is 8.60. The van der Waals surface area contributed by atoms with Crippen LogP contribution < -0.4 is 15.5 Å². The molecule has 0 radical (unpaired) electrons. The number of nitrogens with zero attached hydrogens (tertiary/aromatic N) is 6. The molecule has 34 heavy (non-hydrogen) atoms. The summed E-state index contributed by atoms with van der Waals surface area (Å²) >= 11 is 0. The van der Waals surface area contributed by atoms with Gasteiger partial charge in [0, 0.05) is 37.7 Å². The Labute approximate surface area is 194 Å². The van der Waals surface area contributed by atoms with Crippen LogP contribution in [0.2, 0.25) is 0 Å². The third kappa shape index (κ3) is 4.80. The van der Waals surface area contributed by atoms with Crippen molar-refractivity contribution >= 4 is 23.4 Å². The van der Waals surface area contributed by atoms with Crippen LogP contribution in [-0.4, -0.2) is 43.7 Å². The molecule has 2 N–H and O–H groups in total. The highest BCUT2D eigenvalue weighted by Gasteiger charge is 2.35. The van der Waals surface area contributed by atoms with Crippen LogP contribution in [0.4, 0.5) is 30.6 Å². The fourth-order valence-corrected chi connectivity index (χ4v) is 3.97. The Balaban J connectivity index is 1.45. The lowest BCUT2D eigenvalue weighted by atomic mass is 9.99. The second kappa shape index (κ2) is 8.92. The third-order valence-electron chi connectivity index (χ3n) is 5.57. The molecule has 1 atom stereocenters. The van der Waals surface area contributed by atoms with Crippen LogP contribution in [0.5, 0.6) is 0 Å². The van der Waals surface area contributed by atoms with Crippen LogP contribution in [0.1, 0.15) is 36.2 Å². The zero-order valence-corrected chi connectivity index (χ0v) is 19.2. The number of fused-ring (bicyclic) bond motifs is 1. The Hall–Kier alpha value is -3.70. The molecule has 4 rings (SSSR count). The Morgan fingerprint density at radius 3 is 2.65 bits per heavy atom. The van der Waals surface area contributed by atoms with E-state index in [-0.39, 0.29) is 24.4 Å². The van der Waals surface area contributed by atoms with Gasteiger partial charge in [-0.1, -0.05) is 13.8 Å². The monoisotopic (exact) mass is 474 g/mol. The quantitative estimate of drug-likeness (QED) is 0.564. The topological polar surface area (TPSA) is 101 Å². The van der Waals surface area contributed by atoms with Crippen molar-refractivity contribution in [1.29, 1.82) is 0 Å². The number of rotatable bonds is 6. The Kier molecular flexibility index (Phi) is 6.15. The Morgan fingerprint density at radius 1 is 1.18 bits per heavy atom. The van der Waals surface area contributed by atoms with Crippen molar-refractivity contribution in [2.45, 2.75) is 46.1 Å². The van der Waals surface area contributed by atoms with Crippen molar-refractivity contribution < 1.29 is 18.0 Å². The van der Waals surface area contributed by atoms with E-state index < -0.39 is 11.7 Å². The number of hydrogen-bond donors (Lipinski definition) is 2. The molecular formula is C22H25F3N8O. The minimum absolute atomic E-state index is 0.0826. The molecular weight excluding hydrogens is 449 g/mol. The highest BCUT2D eigenvalue weighted by Crippen LogP contribution is 2.34. The largest absolute Gasteiger partial charge is 0.417 e. The Morgan fingerprint density at radius 2 is 1.94 bits per heavy atom. The fraction of sp³-hybridized carbons (Fsp3) is 0.409. The smallest absolute Gasteiger partial charge is 0.350 e. The lowest BCUT2D eigenvalue weighted by molar-refractivity contribution is -0.137. The van der Waals surface area contributed by atoms with E-state index in [1.807, 2.05) is 25.8 Å². The summed E-state index contributed by atoms with van der Waals surface area (Å²) < 4.78 is 40.3. The van der Waals surface area contributed by atoms with Gasteiger partial charge in [0.15, 0.2) is 5.82 Å². The average Bonchev–Trinajstić information content (AvgIpc) is 3.20. The van der Waals surface area contributed by atoms with Crippen LogP contribution in [0.25, 0.3) is 0 Å². The number of anilines is 3. The first-order chi connectivity index (χ1) is 16.0. The van der Waals surface area contributed by atoms with E-state index in [0.29, 0.717) is 35.3 Å². The van der Waals surface area contributed by atoms with Crippen LogP contribution >= 0.6 is 0 Å². The van der Waals surface area contributed by atoms with Gasteiger partial charge in [0.2, 0.25) is 11.9 Å². The molecule has 0 bridgehead atoms. The van der Waals surface area contributed by atoms with Crippen molar-refractivity contribution in [2.75, 3.05) is 22.6 Å². The molecule has 9 nitrogen and oxygen atoms in total. The molecule has 0 aliphatic carbocycles. The first-order valence-electron chi connectivity index (χ1n) is 10.7. The van der Waals surface area contributed by atoms with E-state index >= 15 is 0 Å². The van der Waals surface area contributed by atoms with Gasteiger partial charge in [0.25, 0.3) is 0 Å². The number of alkyl halides is 3. The van der Waals surface area contributed by atoms with Crippen LogP contribution in [0, 0.1) is 12.8 Å². The zero-order valence-electron chi connectivity index (χ0n) is 19.2. The van der Waals surface area contributed by atoms with Crippen molar-refractivity contribution in [3.05, 3.63) is 53.2 Å². The molecule has 0 fully saturated rings. The van der Waals surface area contributed by atoms with Gasteiger partial charge < -0.3 is 15.5 Å². The maximum Gasteiger partial charge on any atom is 0.417 e. The van der Waals surface area contributed by atoms with E-state index in [1.165, 1.54) is 6.20 Å². The first-order valence-corrected chi connectivity index (χ1v) is 10.7. The Bertz CT molecular complexity index is 1210. The van der Waals surface area contributed by atoms with Gasteiger partial charge in [-0.15, -0.1) is 0 Å². The predicted octanol–water partition coefficient (Wildman–Crippen LogP) is 3.47. The summed E-state index contributed by atoms with van der Waals surface area (Å²) in [5, 5.41) is 10.3. The number of halogens is 3. The number of amides is 1. The van der Waals surface area contributed by atoms with Gasteiger partial charge in [-0.05, 0) is 24.5 Å². The number of pyridine rings is 1. The van der Waals surface area contributed by atoms with E-state index in [4.69, 9.17) is 0 Å². The number of aryl methyl sites for hydroxylation is 1. The summed E-state index contributed by atoms with van der Waals surface area (Å²) in [6.07, 6.45) is 1.11. The highest BCUT2D eigenvalue weighted by molar-refractivity contribution is 6.03. The molecule has 0 saturated heterocycles. The molecule has 1 amide bonds. The number of aromatic nitrogens is 5. The summed E-state index contributed by atoms with van der Waals surface area (Å²) in [5.41, 5.74) is 1.65. The van der Waals surface area contributed by atoms with E-state index in [0.717, 1.165) is 17.8 Å². The molecule has 1 aliphatic heterocycles. The SMILES string of the molecule is Cc1nc(NCc2cnn(Cc3cncc(C(F)(F)F)c3)c2)nc2c1NC(=O)C(C(C)C)N2C. The lowest BCUT2D eigenvalue weighted by Crippen LogP contribution is -2.49. The summed E-state index contributed by atoms with van der Waals surface area (Å²) in [6, 6.07) is 0.731. The zero-order chi connectivity index (χ0) is 24.6. The molecule has 180 valence electrons. The molecule has 3 aromatic heterocycles. The molecule has 1 unspecified atom stereocenters. The molecule has 12 heteroatoms. The third-order valence-corrected chi connectivity index (χ3v) is 5.57.